The number of halogens is 1. The van der Waals surface area contributed by atoms with E-state index in [1.165, 1.54) is 17.3 Å². The molecule has 0 spiro atoms. The molecule has 0 aliphatic carbocycles. The van der Waals surface area contributed by atoms with Gasteiger partial charge in [-0.1, -0.05) is 33.6 Å². The number of rotatable bonds is 6. The Bertz CT molecular complexity index is 732. The third-order valence-corrected chi connectivity index (χ3v) is 4.88. The molecule has 6 heteroatoms. The van der Waals surface area contributed by atoms with E-state index < -0.39 is 0 Å². The maximum atomic E-state index is 12.1. The second-order valence-corrected chi connectivity index (χ2v) is 7.52. The minimum Gasteiger partial charge on any atom is -0.496 e. The first-order valence-corrected chi connectivity index (χ1v) is 9.06. The van der Waals surface area contributed by atoms with Crippen molar-refractivity contribution in [2.75, 3.05) is 7.11 Å². The molecule has 0 unspecified atom stereocenters. The predicted molar refractivity (Wildman–Crippen MR) is 103 cm³/mol. The standard InChI is InChI=1S/C18H19BrN2O2S/c1-12-4-7-16(8-5-12)24-13(2)18(22)21-20-11-14-10-15(19)6-9-17(14)23-3/h4-11,13H,1-3H3,(H,21,22)/b20-11-/t13-/m1/s1. The number of carbonyl (C=O) groups is 1. The van der Waals surface area contributed by atoms with Crippen molar-refractivity contribution in [3.05, 3.63) is 58.1 Å². The van der Waals surface area contributed by atoms with Crippen molar-refractivity contribution in [3.8, 4) is 5.75 Å². The van der Waals surface area contributed by atoms with Gasteiger partial charge in [0.05, 0.1) is 18.6 Å². The zero-order valence-electron chi connectivity index (χ0n) is 13.7. The number of methoxy groups -OCH3 is 1. The molecule has 0 aromatic heterocycles. The van der Waals surface area contributed by atoms with Gasteiger partial charge in [-0.2, -0.15) is 5.10 Å². The Kier molecular flexibility index (Phi) is 6.87. The Morgan fingerprint density at radius 3 is 2.67 bits per heavy atom. The van der Waals surface area contributed by atoms with Crippen LogP contribution in [0.1, 0.15) is 18.1 Å². The minimum atomic E-state index is -0.241. The van der Waals surface area contributed by atoms with Crippen LogP contribution in [-0.4, -0.2) is 24.5 Å². The second-order valence-electron chi connectivity index (χ2n) is 5.19. The lowest BCUT2D eigenvalue weighted by Gasteiger charge is -2.09. The van der Waals surface area contributed by atoms with Crippen LogP contribution in [-0.2, 0) is 4.79 Å². The van der Waals surface area contributed by atoms with Gasteiger partial charge in [-0.05, 0) is 44.2 Å². The number of hydrogen-bond donors (Lipinski definition) is 1. The van der Waals surface area contributed by atoms with E-state index in [-0.39, 0.29) is 11.2 Å². The molecule has 0 saturated carbocycles. The molecule has 0 aliphatic rings. The topological polar surface area (TPSA) is 50.7 Å². The van der Waals surface area contributed by atoms with Crippen molar-refractivity contribution in [2.45, 2.75) is 24.0 Å². The number of ether oxygens (including phenoxy) is 1. The van der Waals surface area contributed by atoms with Crippen LogP contribution >= 0.6 is 27.7 Å². The Balaban J connectivity index is 1.94. The molecule has 1 N–H and O–H groups in total. The first-order valence-electron chi connectivity index (χ1n) is 7.39. The van der Waals surface area contributed by atoms with Gasteiger partial charge >= 0.3 is 0 Å². The van der Waals surface area contributed by atoms with E-state index in [0.717, 1.165) is 14.9 Å². The van der Waals surface area contributed by atoms with Crippen LogP contribution in [0.15, 0.2) is 56.9 Å². The number of nitrogens with one attached hydrogen (secondary N) is 1. The third kappa shape index (κ3) is 5.39. The molecular weight excluding hydrogens is 388 g/mol. The molecule has 2 rings (SSSR count). The van der Waals surface area contributed by atoms with Crippen molar-refractivity contribution in [3.63, 3.8) is 0 Å². The van der Waals surface area contributed by atoms with Gasteiger partial charge in [-0.15, -0.1) is 11.8 Å². The van der Waals surface area contributed by atoms with Crippen LogP contribution in [0.5, 0.6) is 5.75 Å². The summed E-state index contributed by atoms with van der Waals surface area (Å²) in [5, 5.41) is 3.79. The number of aryl methyl sites for hydroxylation is 1. The molecule has 0 fully saturated rings. The molecule has 126 valence electrons. The maximum Gasteiger partial charge on any atom is 0.253 e. The third-order valence-electron chi connectivity index (χ3n) is 3.27. The lowest BCUT2D eigenvalue weighted by Crippen LogP contribution is -2.26. The second kappa shape index (κ2) is 8.89. The molecule has 0 radical (unpaired) electrons. The fourth-order valence-corrected chi connectivity index (χ4v) is 3.18. The van der Waals surface area contributed by atoms with Crippen LogP contribution in [0.3, 0.4) is 0 Å². The SMILES string of the molecule is COc1ccc(Br)cc1/C=N\NC(=O)[C@@H](C)Sc1ccc(C)cc1. The quantitative estimate of drug-likeness (QED) is 0.439. The lowest BCUT2D eigenvalue weighted by molar-refractivity contribution is -0.120. The van der Waals surface area contributed by atoms with Crippen molar-refractivity contribution < 1.29 is 9.53 Å². The number of thioether (sulfide) groups is 1. The van der Waals surface area contributed by atoms with Crippen molar-refractivity contribution in [2.24, 2.45) is 5.10 Å². The molecule has 1 amide bonds. The van der Waals surface area contributed by atoms with Gasteiger partial charge in [0.15, 0.2) is 0 Å². The highest BCUT2D eigenvalue weighted by Crippen LogP contribution is 2.24. The summed E-state index contributed by atoms with van der Waals surface area (Å²) in [5.74, 6) is 0.545. The average molecular weight is 407 g/mol. The van der Waals surface area contributed by atoms with Gasteiger partial charge in [0.1, 0.15) is 5.75 Å². The van der Waals surface area contributed by atoms with Crippen LogP contribution in [0.25, 0.3) is 0 Å². The van der Waals surface area contributed by atoms with Crippen LogP contribution in [0, 0.1) is 6.92 Å². The first kappa shape index (κ1) is 18.5. The van der Waals surface area contributed by atoms with Crippen molar-refractivity contribution in [1.82, 2.24) is 5.43 Å². The van der Waals surface area contributed by atoms with E-state index in [2.05, 4.69) is 26.5 Å². The molecule has 2 aromatic rings. The summed E-state index contributed by atoms with van der Waals surface area (Å²) in [5.41, 5.74) is 4.55. The predicted octanol–water partition coefficient (Wildman–Crippen LogP) is 4.40. The number of benzene rings is 2. The number of hydrogen-bond acceptors (Lipinski definition) is 4. The molecule has 2 aromatic carbocycles. The number of amides is 1. The number of carbonyl (C=O) groups excluding carboxylic acids is 1. The van der Waals surface area contributed by atoms with Gasteiger partial charge in [-0.25, -0.2) is 5.43 Å². The van der Waals surface area contributed by atoms with Crippen LogP contribution in [0.4, 0.5) is 0 Å². The molecule has 4 nitrogen and oxygen atoms in total. The van der Waals surface area contributed by atoms with Crippen molar-refractivity contribution in [1.29, 1.82) is 0 Å². The average Bonchev–Trinajstić information content (AvgIpc) is 2.57. The van der Waals surface area contributed by atoms with Gasteiger partial charge in [0, 0.05) is 14.9 Å². The summed E-state index contributed by atoms with van der Waals surface area (Å²) >= 11 is 4.90. The van der Waals surface area contributed by atoms with E-state index in [9.17, 15) is 4.79 Å². The largest absolute Gasteiger partial charge is 0.496 e. The van der Waals surface area contributed by atoms with Crippen LogP contribution in [0.2, 0.25) is 0 Å². The lowest BCUT2D eigenvalue weighted by atomic mass is 10.2. The normalized spacial score (nSPS) is 12.2. The number of nitrogens with zero attached hydrogens (tertiary/aromatic N) is 1. The van der Waals surface area contributed by atoms with Gasteiger partial charge in [0.2, 0.25) is 0 Å². The zero-order valence-corrected chi connectivity index (χ0v) is 16.1. The van der Waals surface area contributed by atoms with E-state index >= 15 is 0 Å². The fraction of sp³-hybridized carbons (Fsp3) is 0.222. The summed E-state index contributed by atoms with van der Waals surface area (Å²) in [7, 11) is 1.60. The molecule has 0 bridgehead atoms. The molecule has 0 heterocycles. The maximum absolute atomic E-state index is 12.1. The summed E-state index contributed by atoms with van der Waals surface area (Å²) in [6, 6.07) is 13.7. The Morgan fingerprint density at radius 2 is 2.00 bits per heavy atom. The molecule has 24 heavy (non-hydrogen) atoms. The van der Waals surface area contributed by atoms with Gasteiger partial charge in [-0.3, -0.25) is 4.79 Å². The smallest absolute Gasteiger partial charge is 0.253 e. The van der Waals surface area contributed by atoms with Crippen LogP contribution < -0.4 is 10.2 Å². The summed E-state index contributed by atoms with van der Waals surface area (Å²) in [6.45, 7) is 3.89. The highest BCUT2D eigenvalue weighted by molar-refractivity contribution is 9.10. The van der Waals surface area contributed by atoms with E-state index in [4.69, 9.17) is 4.74 Å². The Hall–Kier alpha value is -1.79. The molecule has 0 aliphatic heterocycles. The Morgan fingerprint density at radius 1 is 1.29 bits per heavy atom. The first-order chi connectivity index (χ1) is 11.5. The summed E-state index contributed by atoms with van der Waals surface area (Å²) < 4.78 is 6.18. The number of hydrazone groups is 1. The van der Waals surface area contributed by atoms with E-state index in [1.807, 2.05) is 56.3 Å². The Labute approximate surface area is 154 Å². The van der Waals surface area contributed by atoms with E-state index in [0.29, 0.717) is 5.75 Å². The van der Waals surface area contributed by atoms with E-state index in [1.54, 1.807) is 13.3 Å². The minimum absolute atomic E-state index is 0.147. The molecule has 1 atom stereocenters. The molecular formula is C18H19BrN2O2S. The highest BCUT2D eigenvalue weighted by atomic mass is 79.9. The highest BCUT2D eigenvalue weighted by Gasteiger charge is 2.13. The van der Waals surface area contributed by atoms with Gasteiger partial charge < -0.3 is 4.74 Å². The molecule has 0 saturated heterocycles. The monoisotopic (exact) mass is 406 g/mol. The summed E-state index contributed by atoms with van der Waals surface area (Å²) in [4.78, 5) is 13.2. The zero-order chi connectivity index (χ0) is 17.5. The van der Waals surface area contributed by atoms with Crippen molar-refractivity contribution >= 4 is 39.8 Å². The van der Waals surface area contributed by atoms with Gasteiger partial charge in [0.25, 0.3) is 5.91 Å². The fourth-order valence-electron chi connectivity index (χ4n) is 1.94. The summed E-state index contributed by atoms with van der Waals surface area (Å²) in [6.07, 6.45) is 1.57.